The minimum absolute atomic E-state index is 0.833. The van der Waals surface area contributed by atoms with Crippen molar-refractivity contribution in [3.8, 4) is 22.3 Å². The topological polar surface area (TPSA) is 59.0 Å². The number of benzene rings is 9. The van der Waals surface area contributed by atoms with Crippen molar-refractivity contribution in [1.29, 1.82) is 0 Å². The quantitative estimate of drug-likeness (QED) is 0.177. The maximum Gasteiger partial charge on any atom is 0.309 e. The third-order valence-electron chi connectivity index (χ3n) is 11.1. The van der Waals surface area contributed by atoms with Crippen LogP contribution in [0.25, 0.3) is 109 Å². The van der Waals surface area contributed by atoms with Crippen LogP contribution in [0.5, 0.6) is 0 Å². The Labute approximate surface area is 336 Å². The van der Waals surface area contributed by atoms with Crippen molar-refractivity contribution in [1.82, 2.24) is 0 Å². The molecule has 0 amide bonds. The minimum atomic E-state index is -1.33. The van der Waals surface area contributed by atoms with Crippen molar-refractivity contribution >= 4 is 103 Å². The average molecular weight is 793 g/mol. The van der Waals surface area contributed by atoms with E-state index in [1.54, 1.807) is 0 Å². The zero-order valence-electron chi connectivity index (χ0n) is 32.4. The molecule has 2 atom stereocenters. The molecule has 0 spiro atoms. The Kier molecular flexibility index (Phi) is 8.25. The van der Waals surface area contributed by atoms with Crippen molar-refractivity contribution < 1.29 is 16.8 Å². The van der Waals surface area contributed by atoms with Crippen LogP contribution in [0, 0.1) is 0 Å². The van der Waals surface area contributed by atoms with Gasteiger partial charge in [0.2, 0.25) is 0 Å². The summed E-state index contributed by atoms with van der Waals surface area (Å²) in [6, 6.07) is 56.4. The fourth-order valence-electron chi connectivity index (χ4n) is 8.40. The number of rotatable bonds is 4. The van der Waals surface area contributed by atoms with Crippen LogP contribution in [0.15, 0.2) is 175 Å². The van der Waals surface area contributed by atoms with Crippen LogP contribution < -0.4 is 9.34 Å². The molecule has 282 valence electrons. The maximum absolute atomic E-state index is 6.61. The van der Waals surface area contributed by atoms with Crippen molar-refractivity contribution in [2.75, 3.05) is 37.5 Å². The second-order valence-electron chi connectivity index (χ2n) is 15.2. The second-order valence-corrected chi connectivity index (χ2v) is 18.5. The Balaban J connectivity index is 1.07. The zero-order chi connectivity index (χ0) is 39.1. The first-order valence-corrected chi connectivity index (χ1v) is 21.6. The van der Waals surface area contributed by atoms with Crippen molar-refractivity contribution in [2.45, 2.75) is 0 Å². The first kappa shape index (κ1) is 34.9. The molecule has 8 heteroatoms. The van der Waals surface area contributed by atoms with Crippen LogP contribution in [0.3, 0.4) is 0 Å². The smallest absolute Gasteiger partial charge is 0.309 e. The van der Waals surface area contributed by atoms with Gasteiger partial charge in [-0.2, -0.15) is 0 Å². The van der Waals surface area contributed by atoms with Crippen molar-refractivity contribution in [2.24, 2.45) is 0 Å². The third kappa shape index (κ3) is 5.72. The normalized spacial score (nSPS) is 12.7. The number of hydrogen-bond acceptors (Lipinski definition) is 6. The molecule has 11 rings (SSSR count). The number of nitrogens with zero attached hydrogens (tertiary/aromatic N) is 2. The molecule has 0 N–H and O–H groups in total. The van der Waals surface area contributed by atoms with Gasteiger partial charge in [0.25, 0.3) is 0 Å². The Hall–Kier alpha value is -6.26. The second kappa shape index (κ2) is 13.7. The Morgan fingerprint density at radius 2 is 0.655 bits per heavy atom. The summed E-state index contributed by atoms with van der Waals surface area (Å²) in [5.41, 5.74) is 7.95. The maximum atomic E-state index is 6.61. The minimum Gasteiger partial charge on any atom is -0.408 e. The zero-order valence-corrected chi connectivity index (χ0v) is 34.2. The summed E-state index contributed by atoms with van der Waals surface area (Å²) in [5, 5.41) is 13.4. The highest BCUT2D eigenvalue weighted by molar-refractivity contribution is 7.39. The van der Waals surface area contributed by atoms with Gasteiger partial charge in [-0.3, -0.25) is 0 Å². The fraction of sp³-hybridized carbons (Fsp3) is 0.0800. The van der Waals surface area contributed by atoms with Gasteiger partial charge in [-0.25, -0.2) is 9.34 Å². The molecule has 2 unspecified atom stereocenters. The molecule has 2 heterocycles. The van der Waals surface area contributed by atoms with Gasteiger partial charge in [0.05, 0.1) is 0 Å². The molecule has 0 aliphatic heterocycles. The van der Waals surface area contributed by atoms with E-state index >= 15 is 0 Å². The van der Waals surface area contributed by atoms with Crippen LogP contribution in [-0.2, 0) is 0 Å². The lowest BCUT2D eigenvalue weighted by atomic mass is 9.93. The Bertz CT molecular complexity index is 3320. The predicted octanol–water partition coefficient (Wildman–Crippen LogP) is 15.2. The highest BCUT2D eigenvalue weighted by Crippen LogP contribution is 2.44. The van der Waals surface area contributed by atoms with Crippen LogP contribution in [-0.4, -0.2) is 28.2 Å². The van der Waals surface area contributed by atoms with Gasteiger partial charge in [-0.05, 0) is 108 Å². The van der Waals surface area contributed by atoms with E-state index in [1.165, 1.54) is 10.8 Å². The molecule has 0 saturated heterocycles. The van der Waals surface area contributed by atoms with Crippen molar-refractivity contribution in [3.63, 3.8) is 0 Å². The predicted molar refractivity (Wildman–Crippen MR) is 247 cm³/mol. The molecule has 0 aliphatic carbocycles. The molecule has 0 fully saturated rings. The molecule has 58 heavy (non-hydrogen) atoms. The highest BCUT2D eigenvalue weighted by atomic mass is 31.1. The van der Waals surface area contributed by atoms with E-state index in [0.29, 0.717) is 0 Å². The van der Waals surface area contributed by atoms with Crippen LogP contribution in [0.1, 0.15) is 0 Å². The summed E-state index contributed by atoms with van der Waals surface area (Å²) in [6.07, 6.45) is 0. The fourth-order valence-corrected chi connectivity index (χ4v) is 10.4. The highest BCUT2D eigenvalue weighted by Gasteiger charge is 2.17. The van der Waals surface area contributed by atoms with Gasteiger partial charge in [-0.1, -0.05) is 115 Å². The molecule has 2 aromatic heterocycles. The standard InChI is InChI=1S/C50H38N2O4P2/c1-51(2)57-53-43-24-18-31-10-5-7-14-39(31)47(43)49-41-22-16-35(29-37(41)20-26-45(49)55-57)33-12-9-13-34(28-33)36-17-23-42-38(30-36)21-27-46-50(42)48-40-15-8-6-11-32(40)19-25-44(48)54-58(56-46)52(3)4/h5-30H,1-4H3. The summed E-state index contributed by atoms with van der Waals surface area (Å²) in [7, 11) is 5.33. The van der Waals surface area contributed by atoms with Gasteiger partial charge in [0.15, 0.2) is 0 Å². The van der Waals surface area contributed by atoms with Gasteiger partial charge >= 0.3 is 16.3 Å². The van der Waals surface area contributed by atoms with Crippen LogP contribution in [0.2, 0.25) is 0 Å². The monoisotopic (exact) mass is 792 g/mol. The molecular formula is C50H38N2O4P2. The van der Waals surface area contributed by atoms with E-state index < -0.39 is 16.3 Å². The summed E-state index contributed by atoms with van der Waals surface area (Å²) in [5.74, 6) is 0. The lowest BCUT2D eigenvalue weighted by molar-refractivity contribution is 0.634. The molecule has 0 saturated carbocycles. The summed E-state index contributed by atoms with van der Waals surface area (Å²) < 4.78 is 30.4. The van der Waals surface area contributed by atoms with Gasteiger partial charge < -0.3 is 16.8 Å². The lowest BCUT2D eigenvalue weighted by Crippen LogP contribution is -2.02. The van der Waals surface area contributed by atoms with E-state index in [-0.39, 0.29) is 0 Å². The van der Waals surface area contributed by atoms with E-state index in [4.69, 9.17) is 16.8 Å². The molecule has 0 bridgehead atoms. The summed E-state index contributed by atoms with van der Waals surface area (Å²) in [6.45, 7) is 0. The molecule has 6 nitrogen and oxygen atoms in total. The van der Waals surface area contributed by atoms with E-state index in [0.717, 1.165) is 98.4 Å². The number of hydrogen-bond donors (Lipinski definition) is 0. The van der Waals surface area contributed by atoms with E-state index in [1.807, 2.05) is 37.5 Å². The van der Waals surface area contributed by atoms with Gasteiger partial charge in [0, 0.05) is 49.7 Å². The van der Waals surface area contributed by atoms with E-state index in [2.05, 4.69) is 158 Å². The molecule has 11 aromatic rings. The number of fused-ring (bicyclic) bond motifs is 14. The van der Waals surface area contributed by atoms with Gasteiger partial charge in [-0.15, -0.1) is 0 Å². The van der Waals surface area contributed by atoms with Crippen LogP contribution >= 0.6 is 16.3 Å². The van der Waals surface area contributed by atoms with Gasteiger partial charge in [0.1, 0.15) is 22.3 Å². The molecular weight excluding hydrogens is 755 g/mol. The molecule has 0 aliphatic rings. The Morgan fingerprint density at radius 1 is 0.310 bits per heavy atom. The largest absolute Gasteiger partial charge is 0.408 e. The first-order chi connectivity index (χ1) is 28.4. The molecule has 0 radical (unpaired) electrons. The third-order valence-corrected chi connectivity index (χ3v) is 13.9. The van der Waals surface area contributed by atoms with E-state index in [9.17, 15) is 0 Å². The first-order valence-electron chi connectivity index (χ1n) is 19.3. The summed E-state index contributed by atoms with van der Waals surface area (Å²) in [4.78, 5) is 0. The lowest BCUT2D eigenvalue weighted by Gasteiger charge is -2.11. The molecule has 9 aromatic carbocycles. The average Bonchev–Trinajstić information content (AvgIpc) is 3.55. The SMILES string of the molecule is CN(C)p1oc2ccc3ccccc3c2c2c(ccc3cc(-c4cccc(-c5ccc6c(ccc7op(N(C)C)oc8ccc9ccccc9c8c76)c5)c4)ccc32)o1. The Morgan fingerprint density at radius 3 is 1.05 bits per heavy atom. The summed E-state index contributed by atoms with van der Waals surface area (Å²) >= 11 is 0. The van der Waals surface area contributed by atoms with Crippen LogP contribution in [0.4, 0.5) is 0 Å². The van der Waals surface area contributed by atoms with Crippen molar-refractivity contribution in [3.05, 3.63) is 158 Å².